The van der Waals surface area contributed by atoms with Gasteiger partial charge in [0, 0.05) is 17.8 Å². The standard InChI is InChI=1S/C24H16N4O4/c1-16-5-7-20(8-6-16)27-24(29)19(15-26)11-17-3-2-4-22(12-17)32-23-10-9-21(28(30)31)13-18(23)14-25/h2-13H,1H3,(H,27,29)/b19-11+. The maximum absolute atomic E-state index is 12.5. The number of nitro benzene ring substituents is 1. The molecule has 0 radical (unpaired) electrons. The lowest BCUT2D eigenvalue weighted by Crippen LogP contribution is -2.13. The van der Waals surface area contributed by atoms with Gasteiger partial charge in [-0.3, -0.25) is 14.9 Å². The van der Waals surface area contributed by atoms with E-state index >= 15 is 0 Å². The van der Waals surface area contributed by atoms with Crippen LogP contribution < -0.4 is 10.1 Å². The number of nitriles is 2. The summed E-state index contributed by atoms with van der Waals surface area (Å²) in [7, 11) is 0. The number of nitrogens with zero attached hydrogens (tertiary/aromatic N) is 3. The van der Waals surface area contributed by atoms with Crippen molar-refractivity contribution in [2.75, 3.05) is 5.32 Å². The molecule has 0 heterocycles. The monoisotopic (exact) mass is 424 g/mol. The Balaban J connectivity index is 1.82. The van der Waals surface area contributed by atoms with Gasteiger partial charge in [-0.2, -0.15) is 10.5 Å². The Kier molecular flexibility index (Phi) is 6.59. The third-order valence-corrected chi connectivity index (χ3v) is 4.37. The molecule has 0 aliphatic carbocycles. The van der Waals surface area contributed by atoms with E-state index in [1.807, 2.05) is 31.2 Å². The Hall–Kier alpha value is -4.95. The molecule has 0 atom stereocenters. The lowest BCUT2D eigenvalue weighted by molar-refractivity contribution is -0.384. The second-order valence-corrected chi connectivity index (χ2v) is 6.71. The van der Waals surface area contributed by atoms with Gasteiger partial charge in [-0.1, -0.05) is 29.8 Å². The second-order valence-electron chi connectivity index (χ2n) is 6.71. The number of ether oxygens (including phenoxy) is 1. The molecule has 1 amide bonds. The van der Waals surface area contributed by atoms with Crippen LogP contribution in [-0.2, 0) is 4.79 Å². The normalized spacial score (nSPS) is 10.5. The molecule has 0 aliphatic heterocycles. The van der Waals surface area contributed by atoms with Gasteiger partial charge in [-0.05, 0) is 48.9 Å². The van der Waals surface area contributed by atoms with Crippen molar-refractivity contribution in [2.24, 2.45) is 0 Å². The highest BCUT2D eigenvalue weighted by Gasteiger charge is 2.13. The summed E-state index contributed by atoms with van der Waals surface area (Å²) in [5.74, 6) is -0.0676. The minimum Gasteiger partial charge on any atom is -0.456 e. The number of benzene rings is 3. The van der Waals surface area contributed by atoms with Gasteiger partial charge in [-0.25, -0.2) is 0 Å². The summed E-state index contributed by atoms with van der Waals surface area (Å²) < 4.78 is 5.70. The average molecular weight is 424 g/mol. The smallest absolute Gasteiger partial charge is 0.271 e. The Morgan fingerprint density at radius 3 is 2.50 bits per heavy atom. The van der Waals surface area contributed by atoms with Crippen LogP contribution in [0.1, 0.15) is 16.7 Å². The fourth-order valence-corrected chi connectivity index (χ4v) is 2.75. The van der Waals surface area contributed by atoms with Crippen LogP contribution >= 0.6 is 0 Å². The van der Waals surface area contributed by atoms with Crippen LogP contribution in [0.15, 0.2) is 72.3 Å². The molecule has 0 bridgehead atoms. The lowest BCUT2D eigenvalue weighted by Gasteiger charge is -2.08. The van der Waals surface area contributed by atoms with E-state index in [9.17, 15) is 25.4 Å². The van der Waals surface area contributed by atoms with Gasteiger partial charge < -0.3 is 10.1 Å². The van der Waals surface area contributed by atoms with Crippen LogP contribution in [0.3, 0.4) is 0 Å². The molecule has 3 rings (SSSR count). The van der Waals surface area contributed by atoms with Crippen molar-refractivity contribution in [3.63, 3.8) is 0 Å². The molecule has 0 saturated heterocycles. The van der Waals surface area contributed by atoms with Crippen LogP contribution in [0.4, 0.5) is 11.4 Å². The molecule has 156 valence electrons. The third-order valence-electron chi connectivity index (χ3n) is 4.37. The highest BCUT2D eigenvalue weighted by molar-refractivity contribution is 6.09. The van der Waals surface area contributed by atoms with Gasteiger partial charge in [0.15, 0.2) is 0 Å². The molecule has 8 heteroatoms. The lowest BCUT2D eigenvalue weighted by atomic mass is 10.1. The van der Waals surface area contributed by atoms with Crippen molar-refractivity contribution in [2.45, 2.75) is 6.92 Å². The summed E-state index contributed by atoms with van der Waals surface area (Å²) in [4.78, 5) is 22.7. The van der Waals surface area contributed by atoms with E-state index in [0.29, 0.717) is 17.0 Å². The number of hydrogen-bond acceptors (Lipinski definition) is 6. The molecular weight excluding hydrogens is 408 g/mol. The van der Waals surface area contributed by atoms with Crippen molar-refractivity contribution in [1.29, 1.82) is 10.5 Å². The van der Waals surface area contributed by atoms with Crippen LogP contribution in [0, 0.1) is 39.7 Å². The van der Waals surface area contributed by atoms with E-state index in [2.05, 4.69) is 5.32 Å². The van der Waals surface area contributed by atoms with E-state index in [0.717, 1.165) is 11.6 Å². The van der Waals surface area contributed by atoms with Crippen molar-refractivity contribution in [3.8, 4) is 23.6 Å². The molecule has 0 saturated carbocycles. The van der Waals surface area contributed by atoms with E-state index in [1.165, 1.54) is 18.2 Å². The molecule has 0 aliphatic rings. The van der Waals surface area contributed by atoms with Gasteiger partial charge >= 0.3 is 0 Å². The van der Waals surface area contributed by atoms with Crippen LogP contribution in [0.25, 0.3) is 6.08 Å². The van der Waals surface area contributed by atoms with E-state index in [-0.39, 0.29) is 22.6 Å². The van der Waals surface area contributed by atoms with Crippen LogP contribution in [0.2, 0.25) is 0 Å². The SMILES string of the molecule is Cc1ccc(NC(=O)/C(C#N)=C/c2cccc(Oc3ccc([N+](=O)[O-])cc3C#N)c2)cc1. The Labute approximate surface area is 183 Å². The molecule has 8 nitrogen and oxygen atoms in total. The summed E-state index contributed by atoms with van der Waals surface area (Å²) in [6.07, 6.45) is 1.41. The van der Waals surface area contributed by atoms with Gasteiger partial charge in [0.2, 0.25) is 0 Å². The minimum atomic E-state index is -0.596. The first-order valence-electron chi connectivity index (χ1n) is 9.36. The number of amides is 1. The highest BCUT2D eigenvalue weighted by Crippen LogP contribution is 2.29. The fourth-order valence-electron chi connectivity index (χ4n) is 2.75. The topological polar surface area (TPSA) is 129 Å². The van der Waals surface area contributed by atoms with Crippen molar-refractivity contribution >= 4 is 23.4 Å². The maximum Gasteiger partial charge on any atom is 0.271 e. The minimum absolute atomic E-state index is 0.00957. The number of anilines is 1. The van der Waals surface area contributed by atoms with E-state index < -0.39 is 10.8 Å². The maximum atomic E-state index is 12.5. The average Bonchev–Trinajstić information content (AvgIpc) is 2.79. The quantitative estimate of drug-likeness (QED) is 0.253. The molecule has 0 fully saturated rings. The number of rotatable bonds is 6. The molecule has 3 aromatic rings. The molecule has 0 spiro atoms. The van der Waals surface area contributed by atoms with Crippen molar-refractivity contribution in [1.82, 2.24) is 0 Å². The van der Waals surface area contributed by atoms with Crippen LogP contribution in [-0.4, -0.2) is 10.8 Å². The van der Waals surface area contributed by atoms with Gasteiger partial charge in [0.05, 0.1) is 4.92 Å². The first-order valence-corrected chi connectivity index (χ1v) is 9.36. The third kappa shape index (κ3) is 5.35. The zero-order chi connectivity index (χ0) is 23.1. The molecule has 32 heavy (non-hydrogen) atoms. The second kappa shape index (κ2) is 9.70. The number of nitro groups is 1. The van der Waals surface area contributed by atoms with Gasteiger partial charge in [0.25, 0.3) is 11.6 Å². The zero-order valence-electron chi connectivity index (χ0n) is 16.9. The Bertz CT molecular complexity index is 1300. The zero-order valence-corrected chi connectivity index (χ0v) is 16.9. The largest absolute Gasteiger partial charge is 0.456 e. The molecule has 1 N–H and O–H groups in total. The number of aryl methyl sites for hydroxylation is 1. The molecule has 0 unspecified atom stereocenters. The predicted octanol–water partition coefficient (Wildman–Crippen LogP) is 5.11. The number of non-ortho nitro benzene ring substituents is 1. The van der Waals surface area contributed by atoms with Gasteiger partial charge in [-0.15, -0.1) is 0 Å². The van der Waals surface area contributed by atoms with Crippen LogP contribution in [0.5, 0.6) is 11.5 Å². The summed E-state index contributed by atoms with van der Waals surface area (Å²) in [6, 6.07) is 21.2. The van der Waals surface area contributed by atoms with Gasteiger partial charge in [0.1, 0.15) is 34.8 Å². The summed E-state index contributed by atoms with van der Waals surface area (Å²) in [5.41, 5.74) is 1.83. The molecular formula is C24H16N4O4. The number of hydrogen-bond donors (Lipinski definition) is 1. The number of nitrogens with one attached hydrogen (secondary N) is 1. The fraction of sp³-hybridized carbons (Fsp3) is 0.0417. The first kappa shape index (κ1) is 21.8. The molecule has 3 aromatic carbocycles. The van der Waals surface area contributed by atoms with Crippen molar-refractivity contribution in [3.05, 3.63) is 99.1 Å². The number of carbonyl (C=O) groups is 1. The molecule has 0 aromatic heterocycles. The summed E-state index contributed by atoms with van der Waals surface area (Å²) in [5, 5.41) is 32.2. The number of carbonyl (C=O) groups excluding carboxylic acids is 1. The first-order chi connectivity index (χ1) is 15.4. The highest BCUT2D eigenvalue weighted by atomic mass is 16.6. The van der Waals surface area contributed by atoms with Crippen molar-refractivity contribution < 1.29 is 14.5 Å². The van der Waals surface area contributed by atoms with E-state index in [4.69, 9.17) is 4.74 Å². The Morgan fingerprint density at radius 1 is 1.09 bits per heavy atom. The Morgan fingerprint density at radius 2 is 1.84 bits per heavy atom. The predicted molar refractivity (Wildman–Crippen MR) is 118 cm³/mol. The van der Waals surface area contributed by atoms with E-state index in [1.54, 1.807) is 36.4 Å². The summed E-state index contributed by atoms with van der Waals surface area (Å²) in [6.45, 7) is 1.93. The summed E-state index contributed by atoms with van der Waals surface area (Å²) >= 11 is 0.